The smallest absolute Gasteiger partial charge is 0.221 e. The van der Waals surface area contributed by atoms with E-state index >= 15 is 0 Å². The Morgan fingerprint density at radius 2 is 1.86 bits per heavy atom. The van der Waals surface area contributed by atoms with E-state index in [1.807, 2.05) is 42.5 Å². The minimum Gasteiger partial charge on any atom is -0.380 e. The molecule has 1 aromatic heterocycles. The summed E-state index contributed by atoms with van der Waals surface area (Å²) in [5.74, 6) is -0.0610. The van der Waals surface area contributed by atoms with E-state index in [9.17, 15) is 4.79 Å². The number of hydrogen-bond acceptors (Lipinski definition) is 3. The van der Waals surface area contributed by atoms with E-state index in [2.05, 4.69) is 27.8 Å². The molecule has 0 bridgehead atoms. The first kappa shape index (κ1) is 14.1. The van der Waals surface area contributed by atoms with Crippen LogP contribution in [0.3, 0.4) is 0 Å². The maximum absolute atomic E-state index is 11.0. The molecule has 0 saturated heterocycles. The molecule has 0 saturated carbocycles. The van der Waals surface area contributed by atoms with E-state index in [4.69, 9.17) is 0 Å². The second-order valence-electron chi connectivity index (χ2n) is 5.11. The summed E-state index contributed by atoms with van der Waals surface area (Å²) in [6.07, 6.45) is 1.80. The Balaban J connectivity index is 1.72. The zero-order valence-corrected chi connectivity index (χ0v) is 12.3. The van der Waals surface area contributed by atoms with Gasteiger partial charge >= 0.3 is 0 Å². The van der Waals surface area contributed by atoms with E-state index in [0.717, 1.165) is 27.8 Å². The van der Waals surface area contributed by atoms with Gasteiger partial charge in [0.05, 0.1) is 5.52 Å². The van der Waals surface area contributed by atoms with Crippen molar-refractivity contribution in [3.63, 3.8) is 0 Å². The van der Waals surface area contributed by atoms with Gasteiger partial charge in [-0.1, -0.05) is 18.2 Å². The van der Waals surface area contributed by atoms with Gasteiger partial charge in [0.2, 0.25) is 5.91 Å². The van der Waals surface area contributed by atoms with E-state index in [1.54, 1.807) is 6.20 Å². The van der Waals surface area contributed by atoms with Crippen LogP contribution in [0.4, 0.5) is 11.4 Å². The van der Waals surface area contributed by atoms with Gasteiger partial charge in [-0.2, -0.15) is 0 Å². The molecule has 0 aliphatic carbocycles. The van der Waals surface area contributed by atoms with Crippen LogP contribution in [0.5, 0.6) is 0 Å². The van der Waals surface area contributed by atoms with Crippen molar-refractivity contribution in [1.29, 1.82) is 0 Å². The highest BCUT2D eigenvalue weighted by atomic mass is 16.1. The van der Waals surface area contributed by atoms with Gasteiger partial charge in [0.1, 0.15) is 0 Å². The Hall–Kier alpha value is -2.88. The maximum Gasteiger partial charge on any atom is 0.221 e. The third-order valence-electron chi connectivity index (χ3n) is 3.40. The maximum atomic E-state index is 11.0. The summed E-state index contributed by atoms with van der Waals surface area (Å²) in [5.41, 5.74) is 4.01. The van der Waals surface area contributed by atoms with E-state index in [0.29, 0.717) is 6.54 Å². The summed E-state index contributed by atoms with van der Waals surface area (Å²) < 4.78 is 0. The molecule has 0 unspecified atom stereocenters. The third kappa shape index (κ3) is 3.23. The molecule has 1 amide bonds. The predicted octanol–water partition coefficient (Wildman–Crippen LogP) is 3.81. The number of anilines is 2. The molecular weight excluding hydrogens is 274 g/mol. The Labute approximate surface area is 129 Å². The minimum absolute atomic E-state index is 0.0610. The van der Waals surface area contributed by atoms with Crippen LogP contribution in [0.2, 0.25) is 0 Å². The van der Waals surface area contributed by atoms with Gasteiger partial charge in [-0.25, -0.2) is 0 Å². The van der Waals surface area contributed by atoms with Crippen molar-refractivity contribution in [3.05, 3.63) is 66.4 Å². The summed E-state index contributed by atoms with van der Waals surface area (Å²) in [4.78, 5) is 15.4. The number of rotatable bonds is 4. The molecule has 0 spiro atoms. The lowest BCUT2D eigenvalue weighted by atomic mass is 10.1. The van der Waals surface area contributed by atoms with Crippen LogP contribution in [0.25, 0.3) is 10.9 Å². The van der Waals surface area contributed by atoms with Gasteiger partial charge in [-0.05, 0) is 42.0 Å². The van der Waals surface area contributed by atoms with Crippen molar-refractivity contribution in [3.8, 4) is 0 Å². The lowest BCUT2D eigenvalue weighted by Gasteiger charge is -2.10. The van der Waals surface area contributed by atoms with E-state index in [1.165, 1.54) is 6.92 Å². The Kier molecular flexibility index (Phi) is 4.01. The zero-order valence-electron chi connectivity index (χ0n) is 12.3. The fraction of sp³-hybridized carbons (Fsp3) is 0.111. The summed E-state index contributed by atoms with van der Waals surface area (Å²) in [6.45, 7) is 2.22. The zero-order chi connectivity index (χ0) is 15.4. The van der Waals surface area contributed by atoms with Crippen LogP contribution in [0, 0.1) is 0 Å². The summed E-state index contributed by atoms with van der Waals surface area (Å²) in [5, 5.41) is 7.31. The summed E-state index contributed by atoms with van der Waals surface area (Å²) in [7, 11) is 0. The molecule has 0 radical (unpaired) electrons. The van der Waals surface area contributed by atoms with E-state index in [-0.39, 0.29) is 5.91 Å². The van der Waals surface area contributed by atoms with Crippen molar-refractivity contribution in [1.82, 2.24) is 4.98 Å². The quantitative estimate of drug-likeness (QED) is 0.768. The molecule has 3 rings (SSSR count). The lowest BCUT2D eigenvalue weighted by Crippen LogP contribution is -2.06. The highest BCUT2D eigenvalue weighted by Crippen LogP contribution is 2.22. The molecular formula is C18H17N3O. The molecule has 2 aromatic carbocycles. The second-order valence-corrected chi connectivity index (χ2v) is 5.11. The van der Waals surface area contributed by atoms with Crippen LogP contribution < -0.4 is 10.6 Å². The Bertz CT molecular complexity index is 792. The normalized spacial score (nSPS) is 10.4. The van der Waals surface area contributed by atoms with E-state index < -0.39 is 0 Å². The number of amides is 1. The van der Waals surface area contributed by atoms with Crippen LogP contribution >= 0.6 is 0 Å². The molecule has 0 aliphatic rings. The van der Waals surface area contributed by atoms with Crippen LogP contribution in [-0.2, 0) is 11.3 Å². The van der Waals surface area contributed by atoms with Crippen LogP contribution in [0.15, 0.2) is 60.8 Å². The van der Waals surface area contributed by atoms with Gasteiger partial charge in [0.25, 0.3) is 0 Å². The average Bonchev–Trinajstić information content (AvgIpc) is 2.54. The molecule has 0 atom stereocenters. The van der Waals surface area contributed by atoms with Crippen LogP contribution in [-0.4, -0.2) is 10.9 Å². The van der Waals surface area contributed by atoms with Crippen LogP contribution in [0.1, 0.15) is 12.5 Å². The Morgan fingerprint density at radius 3 is 2.64 bits per heavy atom. The molecule has 2 N–H and O–H groups in total. The fourth-order valence-corrected chi connectivity index (χ4v) is 2.36. The number of benzene rings is 2. The first-order valence-electron chi connectivity index (χ1n) is 7.16. The van der Waals surface area contributed by atoms with Gasteiger partial charge in [0.15, 0.2) is 0 Å². The van der Waals surface area contributed by atoms with Gasteiger partial charge in [0, 0.05) is 36.4 Å². The lowest BCUT2D eigenvalue weighted by molar-refractivity contribution is -0.114. The highest BCUT2D eigenvalue weighted by Gasteiger charge is 2.01. The highest BCUT2D eigenvalue weighted by molar-refractivity contribution is 5.91. The fourth-order valence-electron chi connectivity index (χ4n) is 2.36. The largest absolute Gasteiger partial charge is 0.380 e. The van der Waals surface area contributed by atoms with Crippen molar-refractivity contribution >= 4 is 28.2 Å². The number of nitrogens with zero attached hydrogens (tertiary/aromatic N) is 1. The number of nitrogens with one attached hydrogen (secondary N) is 2. The summed E-state index contributed by atoms with van der Waals surface area (Å²) >= 11 is 0. The molecule has 0 fully saturated rings. The third-order valence-corrected chi connectivity index (χ3v) is 3.40. The number of carbonyl (C=O) groups excluding carboxylic acids is 1. The van der Waals surface area contributed by atoms with Gasteiger partial charge < -0.3 is 10.6 Å². The van der Waals surface area contributed by atoms with Crippen molar-refractivity contribution in [2.75, 3.05) is 10.6 Å². The molecule has 3 aromatic rings. The van der Waals surface area contributed by atoms with Crippen molar-refractivity contribution < 1.29 is 4.79 Å². The molecule has 4 heteroatoms. The summed E-state index contributed by atoms with van der Waals surface area (Å²) in [6, 6.07) is 17.9. The van der Waals surface area contributed by atoms with Gasteiger partial charge in [-0.3, -0.25) is 9.78 Å². The van der Waals surface area contributed by atoms with Crippen molar-refractivity contribution in [2.45, 2.75) is 13.5 Å². The first-order valence-corrected chi connectivity index (χ1v) is 7.16. The SMILES string of the molecule is CC(=O)Nc1ccc(CNc2cccc3ncccc23)cc1. The minimum atomic E-state index is -0.0610. The molecule has 110 valence electrons. The molecule has 22 heavy (non-hydrogen) atoms. The predicted molar refractivity (Wildman–Crippen MR) is 89.8 cm³/mol. The molecule has 4 nitrogen and oxygen atoms in total. The monoisotopic (exact) mass is 291 g/mol. The number of aromatic nitrogens is 1. The Morgan fingerprint density at radius 1 is 1.05 bits per heavy atom. The molecule has 0 aliphatic heterocycles. The van der Waals surface area contributed by atoms with Crippen molar-refractivity contribution in [2.24, 2.45) is 0 Å². The topological polar surface area (TPSA) is 54.0 Å². The second kappa shape index (κ2) is 6.26. The standard InChI is InChI=1S/C18H17N3O/c1-13(22)21-15-9-7-14(8-10-15)12-20-18-6-2-5-17-16(18)4-3-11-19-17/h2-11,20H,12H2,1H3,(H,21,22). The van der Waals surface area contributed by atoms with Gasteiger partial charge in [-0.15, -0.1) is 0 Å². The number of pyridine rings is 1. The molecule has 1 heterocycles. The average molecular weight is 291 g/mol. The number of fused-ring (bicyclic) bond motifs is 1. The first-order chi connectivity index (χ1) is 10.7. The number of carbonyl (C=O) groups is 1. The number of hydrogen-bond donors (Lipinski definition) is 2.